The maximum absolute atomic E-state index is 12.8. The van der Waals surface area contributed by atoms with Crippen LogP contribution in [0.5, 0.6) is 11.5 Å². The summed E-state index contributed by atoms with van der Waals surface area (Å²) in [5.41, 5.74) is 0.595. The van der Waals surface area contributed by atoms with Gasteiger partial charge in [-0.15, -0.1) is 0 Å². The van der Waals surface area contributed by atoms with Gasteiger partial charge in [-0.3, -0.25) is 34.2 Å². The van der Waals surface area contributed by atoms with Crippen molar-refractivity contribution < 1.29 is 33.6 Å². The first-order chi connectivity index (χ1) is 17.8. The molecular weight excluding hydrogens is 482 g/mol. The van der Waals surface area contributed by atoms with E-state index in [1.807, 2.05) is 0 Å². The molecule has 3 fully saturated rings. The maximum Gasteiger partial charge on any atom is 0.316 e. The van der Waals surface area contributed by atoms with Gasteiger partial charge in [0.25, 0.3) is 5.69 Å². The molecule has 0 spiro atoms. The van der Waals surface area contributed by atoms with Crippen LogP contribution in [0.1, 0.15) is 32.1 Å². The molecule has 5 rings (SSSR count). The zero-order chi connectivity index (χ0) is 26.3. The van der Waals surface area contributed by atoms with E-state index in [2.05, 4.69) is 0 Å². The number of ether oxygens (including phenoxy) is 2. The molecule has 2 aromatic rings. The molecule has 0 bridgehead atoms. The van der Waals surface area contributed by atoms with E-state index in [1.165, 1.54) is 47.2 Å². The van der Waals surface area contributed by atoms with Crippen LogP contribution < -0.4 is 19.3 Å². The van der Waals surface area contributed by atoms with Gasteiger partial charge in [-0.2, -0.15) is 0 Å². The lowest BCUT2D eigenvalue weighted by Gasteiger charge is -2.19. The Bertz CT molecular complexity index is 1270. The van der Waals surface area contributed by atoms with E-state index in [0.717, 1.165) is 25.7 Å². The van der Waals surface area contributed by atoms with Gasteiger partial charge in [-0.25, -0.2) is 0 Å². The third-order valence-corrected chi connectivity index (χ3v) is 7.28. The lowest BCUT2D eigenvalue weighted by molar-refractivity contribution is -0.384. The Hall–Kier alpha value is -4.28. The van der Waals surface area contributed by atoms with Crippen molar-refractivity contribution >= 4 is 40.8 Å². The number of hydrogen-bond acceptors (Lipinski definition) is 8. The average molecular weight is 507 g/mol. The summed E-state index contributed by atoms with van der Waals surface area (Å²) in [7, 11) is 1.34. The predicted octanol–water partition coefficient (Wildman–Crippen LogP) is 3.24. The molecule has 3 aliphatic rings. The molecule has 0 unspecified atom stereocenters. The minimum atomic E-state index is -0.753. The van der Waals surface area contributed by atoms with Gasteiger partial charge in [0.2, 0.25) is 17.7 Å². The fourth-order valence-corrected chi connectivity index (χ4v) is 5.38. The van der Waals surface area contributed by atoms with Crippen molar-refractivity contribution in [2.45, 2.75) is 32.1 Å². The number of methoxy groups -OCH3 is 1. The van der Waals surface area contributed by atoms with Crippen LogP contribution in [0.15, 0.2) is 42.5 Å². The van der Waals surface area contributed by atoms with E-state index in [9.17, 15) is 29.3 Å². The van der Waals surface area contributed by atoms with E-state index in [0.29, 0.717) is 11.4 Å². The Balaban J connectivity index is 1.25. The minimum absolute atomic E-state index is 0.0312. The number of imide groups is 1. The first-order valence-electron chi connectivity index (χ1n) is 12.1. The van der Waals surface area contributed by atoms with Gasteiger partial charge in [-0.05, 0) is 43.2 Å². The zero-order valence-electron chi connectivity index (χ0n) is 20.1. The van der Waals surface area contributed by atoms with Crippen molar-refractivity contribution in [1.82, 2.24) is 0 Å². The second-order valence-electron chi connectivity index (χ2n) is 9.44. The molecule has 0 aromatic heterocycles. The summed E-state index contributed by atoms with van der Waals surface area (Å²) in [4.78, 5) is 64.1. The maximum atomic E-state index is 12.8. The molecule has 2 aromatic carbocycles. The predicted molar refractivity (Wildman–Crippen MR) is 130 cm³/mol. The van der Waals surface area contributed by atoms with Gasteiger partial charge in [0.1, 0.15) is 11.5 Å². The molecule has 0 N–H and O–H groups in total. The fourth-order valence-electron chi connectivity index (χ4n) is 5.38. The van der Waals surface area contributed by atoms with Crippen LogP contribution >= 0.6 is 0 Å². The molecule has 2 aliphatic heterocycles. The van der Waals surface area contributed by atoms with Gasteiger partial charge in [-0.1, -0.05) is 12.8 Å². The summed E-state index contributed by atoms with van der Waals surface area (Å²) < 4.78 is 10.7. The highest BCUT2D eigenvalue weighted by Crippen LogP contribution is 2.40. The summed E-state index contributed by atoms with van der Waals surface area (Å²) >= 11 is 0. The normalized spacial score (nSPS) is 23.3. The highest BCUT2D eigenvalue weighted by atomic mass is 16.6. The number of carbonyl (C=O) groups is 4. The first kappa shape index (κ1) is 24.4. The molecule has 11 heteroatoms. The smallest absolute Gasteiger partial charge is 0.316 e. The number of anilines is 2. The standard InChI is InChI=1S/C26H25N3O8/c1-36-22-13-17(29(34)35)8-11-21(22)27-14-15(12-23(27)30)26(33)37-18-9-6-16(7-10-18)28-24(31)19-4-2-3-5-20(19)25(28)32/h6-11,13,15,19-20H,2-5,12,14H2,1H3/t15-,19-,20+/m1/s1. The number of hydrogen-bond donors (Lipinski definition) is 0. The topological polar surface area (TPSA) is 136 Å². The Labute approximate surface area is 212 Å². The average Bonchev–Trinajstić information content (AvgIpc) is 3.41. The van der Waals surface area contributed by atoms with Crippen molar-refractivity contribution in [3.8, 4) is 11.5 Å². The van der Waals surface area contributed by atoms with Crippen LogP contribution in [-0.4, -0.2) is 42.3 Å². The second kappa shape index (κ2) is 9.64. The molecule has 192 valence electrons. The van der Waals surface area contributed by atoms with Crippen LogP contribution in [0.4, 0.5) is 17.1 Å². The summed E-state index contributed by atoms with van der Waals surface area (Å²) in [5.74, 6) is -2.18. The van der Waals surface area contributed by atoms with Crippen LogP contribution in [0.3, 0.4) is 0 Å². The van der Waals surface area contributed by atoms with Crippen LogP contribution in [0.2, 0.25) is 0 Å². The fraction of sp³-hybridized carbons (Fsp3) is 0.385. The van der Waals surface area contributed by atoms with E-state index < -0.39 is 16.8 Å². The molecule has 3 atom stereocenters. The van der Waals surface area contributed by atoms with Crippen molar-refractivity contribution in [2.24, 2.45) is 17.8 Å². The third kappa shape index (κ3) is 4.41. The summed E-state index contributed by atoms with van der Waals surface area (Å²) in [6.07, 6.45) is 3.26. The van der Waals surface area contributed by atoms with Crippen molar-refractivity contribution in [2.75, 3.05) is 23.5 Å². The van der Waals surface area contributed by atoms with Crippen molar-refractivity contribution in [3.05, 3.63) is 52.6 Å². The van der Waals surface area contributed by atoms with Crippen molar-refractivity contribution in [1.29, 1.82) is 0 Å². The minimum Gasteiger partial charge on any atom is -0.494 e. The van der Waals surface area contributed by atoms with Gasteiger partial charge >= 0.3 is 5.97 Å². The molecule has 3 amide bonds. The Morgan fingerprint density at radius 2 is 1.65 bits per heavy atom. The summed E-state index contributed by atoms with van der Waals surface area (Å²) in [5, 5.41) is 11.0. The Kier molecular flexibility index (Phi) is 6.36. The van der Waals surface area contributed by atoms with E-state index >= 15 is 0 Å². The van der Waals surface area contributed by atoms with Crippen LogP contribution in [-0.2, 0) is 19.2 Å². The lowest BCUT2D eigenvalue weighted by atomic mass is 9.81. The number of nitrogens with zero attached hydrogens (tertiary/aromatic N) is 3. The second-order valence-corrected chi connectivity index (χ2v) is 9.44. The summed E-state index contributed by atoms with van der Waals surface area (Å²) in [6.45, 7) is 0.0312. The molecule has 37 heavy (non-hydrogen) atoms. The quantitative estimate of drug-likeness (QED) is 0.191. The number of nitro benzene ring substituents is 1. The molecular formula is C26H25N3O8. The number of benzene rings is 2. The molecule has 2 heterocycles. The van der Waals surface area contributed by atoms with E-state index in [4.69, 9.17) is 9.47 Å². The van der Waals surface area contributed by atoms with Gasteiger partial charge in [0, 0.05) is 19.0 Å². The number of nitro groups is 1. The molecule has 2 saturated heterocycles. The summed E-state index contributed by atoms with van der Waals surface area (Å²) in [6, 6.07) is 10.1. The number of carbonyl (C=O) groups excluding carboxylic acids is 4. The van der Waals surface area contributed by atoms with E-state index in [-0.39, 0.29) is 59.7 Å². The van der Waals surface area contributed by atoms with Crippen LogP contribution in [0.25, 0.3) is 0 Å². The highest BCUT2D eigenvalue weighted by molar-refractivity contribution is 6.22. The van der Waals surface area contributed by atoms with E-state index in [1.54, 1.807) is 12.1 Å². The molecule has 0 radical (unpaired) electrons. The zero-order valence-corrected chi connectivity index (χ0v) is 20.1. The molecule has 1 aliphatic carbocycles. The SMILES string of the molecule is COc1cc([N+](=O)[O-])ccc1N1C[C@H](C(=O)Oc2ccc(N3C(=O)[C@H]4CCCC[C@H]4C3=O)cc2)CC1=O. The van der Waals surface area contributed by atoms with Crippen molar-refractivity contribution in [3.63, 3.8) is 0 Å². The monoisotopic (exact) mass is 507 g/mol. The molecule has 11 nitrogen and oxygen atoms in total. The first-order valence-corrected chi connectivity index (χ1v) is 12.1. The van der Waals surface area contributed by atoms with Gasteiger partial charge in [0.15, 0.2) is 0 Å². The van der Waals surface area contributed by atoms with Gasteiger partial charge < -0.3 is 14.4 Å². The number of esters is 1. The van der Waals surface area contributed by atoms with Gasteiger partial charge in [0.05, 0.1) is 47.2 Å². The number of non-ortho nitro benzene ring substituents is 1. The Morgan fingerprint density at radius 1 is 1.00 bits per heavy atom. The lowest BCUT2D eigenvalue weighted by Crippen LogP contribution is -2.30. The largest absolute Gasteiger partial charge is 0.494 e. The molecule has 1 saturated carbocycles. The van der Waals surface area contributed by atoms with Crippen LogP contribution in [0, 0.1) is 27.9 Å². The third-order valence-electron chi connectivity index (χ3n) is 7.28. The number of amides is 3. The number of fused-ring (bicyclic) bond motifs is 1. The Morgan fingerprint density at radius 3 is 2.24 bits per heavy atom. The number of rotatable bonds is 6. The highest BCUT2D eigenvalue weighted by Gasteiger charge is 2.48.